The van der Waals surface area contributed by atoms with E-state index in [1.54, 1.807) is 0 Å². The van der Waals surface area contributed by atoms with Crippen LogP contribution in [0.25, 0.3) is 0 Å². The summed E-state index contributed by atoms with van der Waals surface area (Å²) in [6, 6.07) is 8.55. The first kappa shape index (κ1) is 6.59. The van der Waals surface area contributed by atoms with Gasteiger partial charge in [-0.1, -0.05) is 24.3 Å². The van der Waals surface area contributed by atoms with Crippen molar-refractivity contribution in [2.24, 2.45) is 4.99 Å². The summed E-state index contributed by atoms with van der Waals surface area (Å²) in [6.45, 7) is 0.871. The summed E-state index contributed by atoms with van der Waals surface area (Å²) in [7, 11) is 0. The number of nitrogens with zero attached hydrogens (tertiary/aromatic N) is 1. The predicted molar refractivity (Wildman–Crippen MR) is 47.0 cm³/mol. The Bertz CT molecular complexity index is 276. The van der Waals surface area contributed by atoms with Crippen LogP contribution < -0.4 is 0 Å². The quantitative estimate of drug-likeness (QED) is 0.530. The average molecular weight is 145 g/mol. The lowest BCUT2D eigenvalue weighted by Crippen LogP contribution is -1.88. The maximum Gasteiger partial charge on any atom is 0.0638 e. The molecule has 0 fully saturated rings. The van der Waals surface area contributed by atoms with Gasteiger partial charge in [-0.15, -0.1) is 0 Å². The van der Waals surface area contributed by atoms with Gasteiger partial charge in [0.15, 0.2) is 0 Å². The number of aryl methyl sites for hydroxylation is 1. The van der Waals surface area contributed by atoms with Crippen molar-refractivity contribution in [2.45, 2.75) is 19.4 Å². The zero-order valence-electron chi connectivity index (χ0n) is 6.46. The molecule has 0 radical (unpaired) electrons. The van der Waals surface area contributed by atoms with Crippen LogP contribution in [-0.2, 0) is 13.0 Å². The molecule has 2 rings (SSSR count). The highest BCUT2D eigenvalue weighted by Gasteiger charge is 2.01. The van der Waals surface area contributed by atoms with Crippen LogP contribution in [0.2, 0.25) is 0 Å². The van der Waals surface area contributed by atoms with Gasteiger partial charge < -0.3 is 0 Å². The van der Waals surface area contributed by atoms with Crippen LogP contribution in [0.4, 0.5) is 0 Å². The van der Waals surface area contributed by atoms with E-state index in [0.717, 1.165) is 19.4 Å². The van der Waals surface area contributed by atoms with Crippen LogP contribution in [0.3, 0.4) is 0 Å². The molecule has 11 heavy (non-hydrogen) atoms. The third kappa shape index (κ3) is 1.32. The number of hydrogen-bond donors (Lipinski definition) is 0. The van der Waals surface area contributed by atoms with Crippen LogP contribution >= 0.6 is 0 Å². The minimum atomic E-state index is 0.871. The van der Waals surface area contributed by atoms with Crippen LogP contribution in [0.1, 0.15) is 17.5 Å². The van der Waals surface area contributed by atoms with E-state index in [2.05, 4.69) is 29.3 Å². The normalized spacial score (nSPS) is 15.6. The monoisotopic (exact) mass is 145 g/mol. The van der Waals surface area contributed by atoms with E-state index in [-0.39, 0.29) is 0 Å². The summed E-state index contributed by atoms with van der Waals surface area (Å²) in [5.41, 5.74) is 2.85. The van der Waals surface area contributed by atoms with Crippen LogP contribution in [0.5, 0.6) is 0 Å². The number of benzene rings is 1. The van der Waals surface area contributed by atoms with Crippen molar-refractivity contribution in [1.29, 1.82) is 0 Å². The molecule has 0 saturated heterocycles. The fourth-order valence-corrected chi connectivity index (χ4v) is 1.43. The van der Waals surface area contributed by atoms with Crippen molar-refractivity contribution in [3.63, 3.8) is 0 Å². The smallest absolute Gasteiger partial charge is 0.0638 e. The SMILES string of the molecule is C1=NCc2ccccc2CC1. The van der Waals surface area contributed by atoms with Crippen molar-refractivity contribution in [1.82, 2.24) is 0 Å². The van der Waals surface area contributed by atoms with Crippen molar-refractivity contribution in [2.75, 3.05) is 0 Å². The van der Waals surface area contributed by atoms with E-state index in [9.17, 15) is 0 Å². The molecule has 0 atom stereocenters. The molecule has 0 amide bonds. The first-order valence-corrected chi connectivity index (χ1v) is 4.02. The van der Waals surface area contributed by atoms with Gasteiger partial charge in [0.2, 0.25) is 0 Å². The summed E-state index contributed by atoms with van der Waals surface area (Å²) in [5.74, 6) is 0. The van der Waals surface area contributed by atoms with Crippen molar-refractivity contribution in [3.8, 4) is 0 Å². The number of fused-ring (bicyclic) bond motifs is 1. The molecule has 1 heterocycles. The molecule has 1 aliphatic rings. The van der Waals surface area contributed by atoms with Crippen LogP contribution in [0, 0.1) is 0 Å². The number of hydrogen-bond acceptors (Lipinski definition) is 1. The van der Waals surface area contributed by atoms with E-state index in [1.165, 1.54) is 11.1 Å². The highest BCUT2D eigenvalue weighted by molar-refractivity contribution is 5.59. The Morgan fingerprint density at radius 1 is 1.09 bits per heavy atom. The summed E-state index contributed by atoms with van der Waals surface area (Å²) >= 11 is 0. The average Bonchev–Trinajstić information content (AvgIpc) is 2.28. The van der Waals surface area contributed by atoms with Crippen molar-refractivity contribution < 1.29 is 0 Å². The van der Waals surface area contributed by atoms with Gasteiger partial charge in [0.25, 0.3) is 0 Å². The number of aliphatic imine (C=N–C) groups is 1. The topological polar surface area (TPSA) is 12.4 Å². The van der Waals surface area contributed by atoms with Crippen molar-refractivity contribution >= 4 is 6.21 Å². The Labute approximate surface area is 66.8 Å². The second-order valence-electron chi connectivity index (χ2n) is 2.83. The third-order valence-corrected chi connectivity index (χ3v) is 2.05. The van der Waals surface area contributed by atoms with E-state index < -0.39 is 0 Å². The van der Waals surface area contributed by atoms with Gasteiger partial charge in [-0.3, -0.25) is 4.99 Å². The highest BCUT2D eigenvalue weighted by atomic mass is 14.7. The van der Waals surface area contributed by atoms with E-state index in [1.807, 2.05) is 6.21 Å². The van der Waals surface area contributed by atoms with E-state index in [0.29, 0.717) is 0 Å². The summed E-state index contributed by atoms with van der Waals surface area (Å²) in [6.07, 6.45) is 4.27. The molecule has 1 aromatic rings. The fraction of sp³-hybridized carbons (Fsp3) is 0.300. The van der Waals surface area contributed by atoms with Gasteiger partial charge in [0, 0.05) is 0 Å². The Hall–Kier alpha value is -1.11. The minimum absolute atomic E-state index is 0.871. The zero-order chi connectivity index (χ0) is 7.52. The Kier molecular flexibility index (Phi) is 1.72. The van der Waals surface area contributed by atoms with Gasteiger partial charge in [-0.2, -0.15) is 0 Å². The van der Waals surface area contributed by atoms with Gasteiger partial charge in [0.05, 0.1) is 6.54 Å². The molecule has 0 aromatic heterocycles. The molecule has 0 spiro atoms. The molecule has 0 saturated carbocycles. The Balaban J connectivity index is 2.40. The van der Waals surface area contributed by atoms with Gasteiger partial charge in [0.1, 0.15) is 0 Å². The summed E-state index contributed by atoms with van der Waals surface area (Å²) in [5, 5.41) is 0. The second-order valence-corrected chi connectivity index (χ2v) is 2.83. The lowest BCUT2D eigenvalue weighted by atomic mass is 10.0. The lowest BCUT2D eigenvalue weighted by Gasteiger charge is -2.01. The molecule has 1 aliphatic heterocycles. The predicted octanol–water partition coefficient (Wildman–Crippen LogP) is 2.20. The first-order chi connectivity index (χ1) is 5.47. The molecule has 1 nitrogen and oxygen atoms in total. The van der Waals surface area contributed by atoms with Gasteiger partial charge in [-0.05, 0) is 30.2 Å². The molecule has 0 N–H and O–H groups in total. The molecular weight excluding hydrogens is 134 g/mol. The maximum atomic E-state index is 4.29. The first-order valence-electron chi connectivity index (χ1n) is 4.02. The fourth-order valence-electron chi connectivity index (χ4n) is 1.43. The van der Waals surface area contributed by atoms with Gasteiger partial charge in [-0.25, -0.2) is 0 Å². The zero-order valence-corrected chi connectivity index (χ0v) is 6.46. The lowest BCUT2D eigenvalue weighted by molar-refractivity contribution is 1.03. The van der Waals surface area contributed by atoms with Gasteiger partial charge >= 0.3 is 0 Å². The summed E-state index contributed by atoms with van der Waals surface area (Å²) < 4.78 is 0. The highest BCUT2D eigenvalue weighted by Crippen LogP contribution is 2.13. The van der Waals surface area contributed by atoms with E-state index >= 15 is 0 Å². The van der Waals surface area contributed by atoms with Crippen LogP contribution in [0.15, 0.2) is 29.3 Å². The molecule has 0 aliphatic carbocycles. The molecule has 56 valence electrons. The molecule has 0 unspecified atom stereocenters. The van der Waals surface area contributed by atoms with Crippen molar-refractivity contribution in [3.05, 3.63) is 35.4 Å². The number of rotatable bonds is 0. The molecule has 1 aromatic carbocycles. The summed E-state index contributed by atoms with van der Waals surface area (Å²) in [4.78, 5) is 4.29. The molecule has 0 bridgehead atoms. The largest absolute Gasteiger partial charge is 0.293 e. The Morgan fingerprint density at radius 2 is 1.91 bits per heavy atom. The maximum absolute atomic E-state index is 4.29. The third-order valence-electron chi connectivity index (χ3n) is 2.05. The second kappa shape index (κ2) is 2.87. The van der Waals surface area contributed by atoms with Crippen LogP contribution in [-0.4, -0.2) is 6.21 Å². The standard InChI is InChI=1S/C10H11N/c1-2-5-10-8-11-7-3-6-9(10)4-1/h1-2,4-5,7H,3,6,8H2. The minimum Gasteiger partial charge on any atom is -0.293 e. The molecular formula is C10H11N. The van der Waals surface area contributed by atoms with E-state index in [4.69, 9.17) is 0 Å². The Morgan fingerprint density at radius 3 is 2.82 bits per heavy atom. The molecule has 1 heteroatoms.